The summed E-state index contributed by atoms with van der Waals surface area (Å²) < 4.78 is 10.9. The van der Waals surface area contributed by atoms with Crippen LogP contribution in [-0.4, -0.2) is 48.0 Å². The molecule has 0 radical (unpaired) electrons. The van der Waals surface area contributed by atoms with Crippen molar-refractivity contribution >= 4 is 47.2 Å². The first-order valence-electron chi connectivity index (χ1n) is 19.8. The molecule has 2 heterocycles. The molecule has 10 heteroatoms. The van der Waals surface area contributed by atoms with Gasteiger partial charge in [-0.15, -0.1) is 0 Å². The normalized spacial score (nSPS) is 24.8. The van der Waals surface area contributed by atoms with Gasteiger partial charge in [-0.1, -0.05) is 96.1 Å². The molecule has 2 saturated heterocycles. The smallest absolute Gasteiger partial charge is 0.260 e. The topological polar surface area (TPSA) is 125 Å². The third-order valence-corrected chi connectivity index (χ3v) is 12.7. The molecule has 9 rings (SSSR count). The molecule has 0 unspecified atom stereocenters. The Labute approximate surface area is 342 Å². The van der Waals surface area contributed by atoms with Crippen LogP contribution in [0.25, 0.3) is 12.2 Å². The number of aryl methyl sites for hydroxylation is 1. The van der Waals surface area contributed by atoms with Crippen LogP contribution in [0.4, 0.5) is 11.4 Å². The highest BCUT2D eigenvalue weighted by Crippen LogP contribution is 2.64. The lowest BCUT2D eigenvalue weighted by Gasteiger charge is -2.50. The van der Waals surface area contributed by atoms with Crippen molar-refractivity contribution in [2.45, 2.75) is 31.1 Å². The second-order valence-electron chi connectivity index (χ2n) is 15.7. The van der Waals surface area contributed by atoms with Gasteiger partial charge in [0, 0.05) is 11.5 Å². The maximum Gasteiger partial charge on any atom is 0.260 e. The van der Waals surface area contributed by atoms with Gasteiger partial charge in [-0.05, 0) is 97.0 Å². The number of amides is 4. The van der Waals surface area contributed by atoms with E-state index in [0.29, 0.717) is 34.9 Å². The molecule has 0 aromatic heterocycles. The van der Waals surface area contributed by atoms with Crippen molar-refractivity contribution in [1.82, 2.24) is 5.01 Å². The molecule has 59 heavy (non-hydrogen) atoms. The van der Waals surface area contributed by atoms with Crippen molar-refractivity contribution in [3.05, 3.63) is 161 Å². The number of nitrogens with one attached hydrogen (secondary N) is 1. The zero-order chi connectivity index (χ0) is 41.0. The van der Waals surface area contributed by atoms with Crippen molar-refractivity contribution in [1.29, 1.82) is 0 Å². The van der Waals surface area contributed by atoms with E-state index in [-0.39, 0.29) is 24.0 Å². The number of anilines is 2. The van der Waals surface area contributed by atoms with E-state index in [9.17, 15) is 19.5 Å². The number of ether oxygens (including phenoxy) is 2. The first kappa shape index (κ1) is 37.6. The third kappa shape index (κ3) is 6.09. The van der Waals surface area contributed by atoms with Gasteiger partial charge in [-0.3, -0.25) is 29.5 Å². The number of hydrogen-bond donors (Lipinski definition) is 2. The number of phenolic OH excluding ortho intramolecular Hbond substituents is 1. The fraction of sp³-hybridized carbons (Fsp3) is 0.224. The number of rotatable bonds is 9. The summed E-state index contributed by atoms with van der Waals surface area (Å²) >= 11 is 0. The summed E-state index contributed by atoms with van der Waals surface area (Å²) in [6.07, 6.45) is 6.37. The Morgan fingerprint density at radius 2 is 1.49 bits per heavy atom. The van der Waals surface area contributed by atoms with Gasteiger partial charge >= 0.3 is 0 Å². The number of hydrogen-bond acceptors (Lipinski definition) is 8. The molecule has 0 bridgehead atoms. The number of fused-ring (bicyclic) bond motifs is 4. The second-order valence-corrected chi connectivity index (χ2v) is 15.7. The fourth-order valence-electron chi connectivity index (χ4n) is 9.93. The average Bonchev–Trinajstić information content (AvgIpc) is 3.64. The Balaban J connectivity index is 1.09. The lowest BCUT2D eigenvalue weighted by atomic mass is 9.49. The van der Waals surface area contributed by atoms with Crippen LogP contribution in [0.1, 0.15) is 46.6 Å². The monoisotopic (exact) mass is 785 g/mol. The van der Waals surface area contributed by atoms with Crippen LogP contribution < -0.4 is 19.8 Å². The number of nitrogens with zero attached hydrogens (tertiary/aromatic N) is 2. The minimum atomic E-state index is -1.38. The molecule has 3 fully saturated rings. The highest BCUT2D eigenvalue weighted by atomic mass is 16.5. The Kier molecular flexibility index (Phi) is 9.42. The van der Waals surface area contributed by atoms with Crippen molar-refractivity contribution < 1.29 is 33.8 Å². The summed E-state index contributed by atoms with van der Waals surface area (Å²) in [6, 6.07) is 36.4. The largest absolute Gasteiger partial charge is 0.508 e. The van der Waals surface area contributed by atoms with E-state index in [2.05, 4.69) is 5.43 Å². The maximum atomic E-state index is 15.3. The maximum absolute atomic E-state index is 15.3. The summed E-state index contributed by atoms with van der Waals surface area (Å²) in [5, 5.41) is 11.5. The molecule has 0 spiro atoms. The Morgan fingerprint density at radius 1 is 0.763 bits per heavy atom. The quantitative estimate of drug-likeness (QED) is 0.0874. The molecule has 1 saturated carbocycles. The summed E-state index contributed by atoms with van der Waals surface area (Å²) in [4.78, 5) is 60.5. The molecule has 4 amide bonds. The van der Waals surface area contributed by atoms with E-state index in [1.165, 1.54) is 4.90 Å². The van der Waals surface area contributed by atoms with Gasteiger partial charge < -0.3 is 14.6 Å². The molecular weight excluding hydrogens is 743 g/mol. The standard InChI is InChI=1S/C49H43N3O7/c1-29-9-17-34(18-10-29)50-52-46(55)41-28-40-38(44(31-15-21-36(53)22-16-31)49(41,48(52)57)33-7-5-4-6-8-33)24-25-39-43(40)47(56)51(45(39)54)35-19-12-30(13-20-35)11-14-32-27-37(58-2)23-26-42(32)59-3/h4-24,26-27,39-41,43-44,50,53H,25,28H2,1-3H3/t39-,40+,41-,43-,44-,49+/m0/s1. The molecule has 296 valence electrons. The van der Waals surface area contributed by atoms with E-state index in [0.717, 1.165) is 32.8 Å². The average molecular weight is 786 g/mol. The molecule has 5 aromatic rings. The Bertz CT molecular complexity index is 2530. The van der Waals surface area contributed by atoms with E-state index in [4.69, 9.17) is 9.47 Å². The summed E-state index contributed by atoms with van der Waals surface area (Å²) in [5.41, 5.74) is 7.80. The van der Waals surface area contributed by atoms with Gasteiger partial charge in [-0.25, -0.2) is 0 Å². The van der Waals surface area contributed by atoms with Crippen LogP contribution in [0.2, 0.25) is 0 Å². The van der Waals surface area contributed by atoms with Gasteiger partial charge in [0.25, 0.3) is 11.8 Å². The number of imide groups is 2. The molecular formula is C49H43N3O7. The molecule has 2 aliphatic carbocycles. The van der Waals surface area contributed by atoms with Crippen molar-refractivity contribution in [2.75, 3.05) is 24.5 Å². The SMILES string of the molecule is COc1ccc(OC)c(C=Cc2ccc(N3C(=O)[C@H]4[C@H](CC=C5[C@H]4C[C@H]4C(=O)N(Nc6ccc(C)cc6)C(=O)[C@@]4(c4ccccc4)[C@H]5c4ccc(O)cc4)C3=O)cc2)c1. The first-order chi connectivity index (χ1) is 28.6. The number of hydrazine groups is 1. The van der Waals surface area contributed by atoms with E-state index >= 15 is 4.79 Å². The van der Waals surface area contributed by atoms with Crippen LogP contribution in [0.3, 0.4) is 0 Å². The minimum Gasteiger partial charge on any atom is -0.508 e. The highest BCUT2D eigenvalue weighted by Gasteiger charge is 2.70. The van der Waals surface area contributed by atoms with Crippen LogP contribution >= 0.6 is 0 Å². The van der Waals surface area contributed by atoms with Crippen molar-refractivity contribution in [2.24, 2.45) is 23.7 Å². The highest BCUT2D eigenvalue weighted by molar-refractivity contribution is 6.22. The van der Waals surface area contributed by atoms with E-state index in [1.54, 1.807) is 50.6 Å². The lowest BCUT2D eigenvalue weighted by molar-refractivity contribution is -0.138. The van der Waals surface area contributed by atoms with Crippen LogP contribution in [0, 0.1) is 30.6 Å². The van der Waals surface area contributed by atoms with Crippen molar-refractivity contribution in [3.63, 3.8) is 0 Å². The van der Waals surface area contributed by atoms with Gasteiger partial charge in [0.15, 0.2) is 0 Å². The Morgan fingerprint density at radius 3 is 2.19 bits per heavy atom. The molecule has 2 aliphatic heterocycles. The van der Waals surface area contributed by atoms with Gasteiger partial charge in [0.2, 0.25) is 11.8 Å². The van der Waals surface area contributed by atoms with Crippen LogP contribution in [-0.2, 0) is 24.6 Å². The van der Waals surface area contributed by atoms with E-state index in [1.807, 2.05) is 110 Å². The first-order valence-corrected chi connectivity index (χ1v) is 19.8. The molecule has 6 atom stereocenters. The van der Waals surface area contributed by atoms with Gasteiger partial charge in [0.05, 0.1) is 48.8 Å². The predicted octanol–water partition coefficient (Wildman–Crippen LogP) is 8.08. The third-order valence-electron chi connectivity index (χ3n) is 12.7. The molecule has 5 aromatic carbocycles. The number of phenols is 1. The number of carbonyl (C=O) groups excluding carboxylic acids is 4. The number of aromatic hydroxyl groups is 1. The van der Waals surface area contributed by atoms with Gasteiger partial charge in [-0.2, -0.15) is 5.01 Å². The van der Waals surface area contributed by atoms with E-state index < -0.39 is 46.8 Å². The summed E-state index contributed by atoms with van der Waals surface area (Å²) in [5.74, 6) is -3.36. The zero-order valence-electron chi connectivity index (χ0n) is 32.9. The summed E-state index contributed by atoms with van der Waals surface area (Å²) in [7, 11) is 3.22. The van der Waals surface area contributed by atoms with Crippen LogP contribution in [0.15, 0.2) is 133 Å². The van der Waals surface area contributed by atoms with Crippen LogP contribution in [0.5, 0.6) is 17.2 Å². The minimum absolute atomic E-state index is 0.0642. The number of carbonyl (C=O) groups is 4. The Hall–Kier alpha value is -6.94. The molecule has 10 nitrogen and oxygen atoms in total. The fourth-order valence-corrected chi connectivity index (χ4v) is 9.93. The van der Waals surface area contributed by atoms with Gasteiger partial charge in [0.1, 0.15) is 17.2 Å². The predicted molar refractivity (Wildman–Crippen MR) is 224 cm³/mol. The lowest BCUT2D eigenvalue weighted by Crippen LogP contribution is -2.53. The number of methoxy groups -OCH3 is 2. The second kappa shape index (κ2) is 14.8. The molecule has 4 aliphatic rings. The molecule has 2 N–H and O–H groups in total. The number of benzene rings is 5. The zero-order valence-corrected chi connectivity index (χ0v) is 32.9. The number of allylic oxidation sites excluding steroid dienone is 2. The summed E-state index contributed by atoms with van der Waals surface area (Å²) in [6.45, 7) is 1.96. The van der Waals surface area contributed by atoms with Crippen molar-refractivity contribution in [3.8, 4) is 17.2 Å².